The number of hydrogen-bond donors (Lipinski definition) is 5. The highest BCUT2D eigenvalue weighted by Crippen LogP contribution is 2.17. The third kappa shape index (κ3) is 15.6. The molecule has 2 aromatic carbocycles. The molecule has 13 heteroatoms. The summed E-state index contributed by atoms with van der Waals surface area (Å²) < 4.78 is 5.29. The number of alkyl carbamates (subject to hydrolysis) is 1. The van der Waals surface area contributed by atoms with Gasteiger partial charge in [-0.05, 0) is 49.8 Å². The molecule has 40 heavy (non-hydrogen) atoms. The number of carbonyl (C=O) groups excluding carboxylic acids is 3. The van der Waals surface area contributed by atoms with E-state index in [9.17, 15) is 14.4 Å². The first-order valence-electron chi connectivity index (χ1n) is 12.6. The molecule has 2 amide bonds. The minimum atomic E-state index is -0.878. The smallest absolute Gasteiger partial charge is 0.408 e. The molecular formula is C27H40Cl2N6O4S. The monoisotopic (exact) mass is 614 g/mol. The van der Waals surface area contributed by atoms with Crippen LogP contribution in [0.2, 0.25) is 0 Å². The van der Waals surface area contributed by atoms with Crippen LogP contribution in [0.1, 0.15) is 43.2 Å². The second-order valence-corrected chi connectivity index (χ2v) is 9.63. The zero-order valence-corrected chi connectivity index (χ0v) is 24.8. The van der Waals surface area contributed by atoms with Crippen LogP contribution in [0.5, 0.6) is 0 Å². The summed E-state index contributed by atoms with van der Waals surface area (Å²) in [4.78, 5) is 42.7. The normalized spacial score (nSPS) is 11.5. The standard InChI is InChI=1S/C27H38N6O4S.2ClH/c28-16-8-7-14-22(33-27(36)37-18-20-10-3-1-4-11-20)24(34)32-23(15-9-17-31-26(29)30)25(35)38-19-21-12-5-2-6-13-21;;/h1-6,10-13,22-23H,7-9,14-19,28H2,(H,32,34)(H,33,36)(H4,29,30,31);2*1H/t22-,23-;;/m0../s1. The molecule has 222 valence electrons. The van der Waals surface area contributed by atoms with Crippen molar-refractivity contribution in [3.63, 3.8) is 0 Å². The van der Waals surface area contributed by atoms with Gasteiger partial charge in [-0.2, -0.15) is 0 Å². The fraction of sp³-hybridized carbons (Fsp3) is 0.407. The van der Waals surface area contributed by atoms with Crippen molar-refractivity contribution in [1.29, 1.82) is 0 Å². The minimum absolute atomic E-state index is 0. The fourth-order valence-electron chi connectivity index (χ4n) is 3.52. The maximum Gasteiger partial charge on any atom is 0.408 e. The first-order chi connectivity index (χ1) is 18.4. The summed E-state index contributed by atoms with van der Waals surface area (Å²) in [6, 6.07) is 17.2. The highest BCUT2D eigenvalue weighted by atomic mass is 35.5. The van der Waals surface area contributed by atoms with E-state index < -0.39 is 24.1 Å². The van der Waals surface area contributed by atoms with Gasteiger partial charge in [-0.25, -0.2) is 4.79 Å². The summed E-state index contributed by atoms with van der Waals surface area (Å²) in [6.45, 7) is 0.871. The number of nitrogens with one attached hydrogen (secondary N) is 2. The molecule has 0 saturated carbocycles. The second kappa shape index (κ2) is 21.8. The number of benzene rings is 2. The summed E-state index contributed by atoms with van der Waals surface area (Å²) in [5.74, 6) is -0.0167. The molecular weight excluding hydrogens is 575 g/mol. The molecule has 0 aliphatic carbocycles. The van der Waals surface area contributed by atoms with Crippen molar-refractivity contribution < 1.29 is 19.1 Å². The predicted molar refractivity (Wildman–Crippen MR) is 166 cm³/mol. The number of nitrogens with two attached hydrogens (primary N) is 3. The molecule has 0 aliphatic rings. The molecule has 0 unspecified atom stereocenters. The highest BCUT2D eigenvalue weighted by Gasteiger charge is 2.27. The third-order valence-corrected chi connectivity index (χ3v) is 6.59. The Kier molecular flexibility index (Phi) is 20.2. The molecule has 0 bridgehead atoms. The first kappa shape index (κ1) is 37.0. The van der Waals surface area contributed by atoms with E-state index in [1.807, 2.05) is 60.7 Å². The van der Waals surface area contributed by atoms with Crippen molar-refractivity contribution in [2.24, 2.45) is 22.2 Å². The lowest BCUT2D eigenvalue weighted by Crippen LogP contribution is -2.51. The molecule has 0 radical (unpaired) electrons. The van der Waals surface area contributed by atoms with Crippen LogP contribution >= 0.6 is 36.6 Å². The van der Waals surface area contributed by atoms with Gasteiger partial charge < -0.3 is 32.6 Å². The van der Waals surface area contributed by atoms with Crippen LogP contribution in [0.15, 0.2) is 65.7 Å². The molecule has 2 aromatic rings. The second-order valence-electron chi connectivity index (χ2n) is 8.65. The minimum Gasteiger partial charge on any atom is -0.445 e. The number of nitrogens with zero attached hydrogens (tertiary/aromatic N) is 1. The van der Waals surface area contributed by atoms with Crippen LogP contribution in [-0.2, 0) is 26.7 Å². The van der Waals surface area contributed by atoms with Gasteiger partial charge in [-0.3, -0.25) is 14.6 Å². The summed E-state index contributed by atoms with van der Waals surface area (Å²) in [7, 11) is 0. The molecule has 2 atom stereocenters. The molecule has 0 saturated heterocycles. The van der Waals surface area contributed by atoms with Crippen molar-refractivity contribution in [3.05, 3.63) is 71.8 Å². The van der Waals surface area contributed by atoms with Crippen molar-refractivity contribution in [2.75, 3.05) is 13.1 Å². The van der Waals surface area contributed by atoms with Crippen LogP contribution in [0.4, 0.5) is 4.79 Å². The van der Waals surface area contributed by atoms with Gasteiger partial charge in [0.05, 0.1) is 6.04 Å². The van der Waals surface area contributed by atoms with Crippen molar-refractivity contribution in [1.82, 2.24) is 10.6 Å². The Morgan fingerprint density at radius 2 is 1.43 bits per heavy atom. The van der Waals surface area contributed by atoms with Crippen LogP contribution in [-0.4, -0.2) is 48.2 Å². The third-order valence-electron chi connectivity index (χ3n) is 5.54. The van der Waals surface area contributed by atoms with Crippen molar-refractivity contribution in [3.8, 4) is 0 Å². The quantitative estimate of drug-likeness (QED) is 0.109. The summed E-state index contributed by atoms with van der Waals surface area (Å²) >= 11 is 1.13. The van der Waals surface area contributed by atoms with Gasteiger partial charge >= 0.3 is 6.09 Å². The van der Waals surface area contributed by atoms with Gasteiger partial charge in [0.25, 0.3) is 0 Å². The SMILES string of the molecule is Cl.Cl.NCCCC[C@H](NC(=O)OCc1ccccc1)C(=O)N[C@@H](CCCN=C(N)N)C(=O)SCc1ccccc1. The average molecular weight is 616 g/mol. The Balaban J connectivity index is 0.00000760. The molecule has 0 aromatic heterocycles. The predicted octanol–water partition coefficient (Wildman–Crippen LogP) is 3.25. The fourth-order valence-corrected chi connectivity index (χ4v) is 4.40. The molecule has 0 fully saturated rings. The Labute approximate surface area is 252 Å². The van der Waals surface area contributed by atoms with Gasteiger partial charge in [0, 0.05) is 12.3 Å². The van der Waals surface area contributed by atoms with E-state index in [1.54, 1.807) is 0 Å². The van der Waals surface area contributed by atoms with Gasteiger partial charge in [-0.1, -0.05) is 72.4 Å². The number of unbranched alkanes of at least 4 members (excludes halogenated alkanes) is 1. The maximum atomic E-state index is 13.2. The topological polar surface area (TPSA) is 175 Å². The van der Waals surface area contributed by atoms with E-state index in [-0.39, 0.29) is 42.5 Å². The van der Waals surface area contributed by atoms with Gasteiger partial charge in [0.1, 0.15) is 12.6 Å². The van der Waals surface area contributed by atoms with Gasteiger partial charge in [0.2, 0.25) is 11.0 Å². The van der Waals surface area contributed by atoms with Crippen LogP contribution in [0.3, 0.4) is 0 Å². The average Bonchev–Trinajstić information content (AvgIpc) is 2.92. The zero-order chi connectivity index (χ0) is 27.6. The maximum absolute atomic E-state index is 13.2. The highest BCUT2D eigenvalue weighted by molar-refractivity contribution is 8.13. The van der Waals surface area contributed by atoms with Crippen LogP contribution in [0, 0.1) is 0 Å². The largest absolute Gasteiger partial charge is 0.445 e. The lowest BCUT2D eigenvalue weighted by atomic mass is 10.1. The van der Waals surface area contributed by atoms with Gasteiger partial charge in [-0.15, -0.1) is 24.8 Å². The lowest BCUT2D eigenvalue weighted by molar-refractivity contribution is -0.126. The number of ether oxygens (including phenoxy) is 1. The summed E-state index contributed by atoms with van der Waals surface area (Å²) in [5, 5.41) is 5.29. The number of halogens is 2. The Morgan fingerprint density at radius 1 is 0.825 bits per heavy atom. The van der Waals surface area contributed by atoms with E-state index >= 15 is 0 Å². The van der Waals surface area contributed by atoms with E-state index in [1.165, 1.54) is 0 Å². The molecule has 10 nitrogen and oxygen atoms in total. The molecule has 0 aliphatic heterocycles. The Hall–Kier alpha value is -2.99. The Bertz CT molecular complexity index is 1030. The molecule has 8 N–H and O–H groups in total. The number of hydrogen-bond acceptors (Lipinski definition) is 7. The van der Waals surface area contributed by atoms with Crippen molar-refractivity contribution >= 4 is 59.7 Å². The van der Waals surface area contributed by atoms with E-state index in [0.29, 0.717) is 50.9 Å². The number of rotatable bonds is 16. The summed E-state index contributed by atoms with van der Waals surface area (Å²) in [6.07, 6.45) is 1.80. The number of carbonyl (C=O) groups is 3. The van der Waals surface area contributed by atoms with E-state index in [2.05, 4.69) is 15.6 Å². The van der Waals surface area contributed by atoms with Crippen LogP contribution < -0.4 is 27.8 Å². The van der Waals surface area contributed by atoms with Crippen LogP contribution in [0.25, 0.3) is 0 Å². The molecule has 0 spiro atoms. The lowest BCUT2D eigenvalue weighted by Gasteiger charge is -2.22. The molecule has 2 rings (SSSR count). The molecule has 0 heterocycles. The number of aliphatic imine (C=N–C) groups is 1. The zero-order valence-electron chi connectivity index (χ0n) is 22.3. The van der Waals surface area contributed by atoms with Gasteiger partial charge in [0.15, 0.2) is 5.96 Å². The Morgan fingerprint density at radius 3 is 2.02 bits per heavy atom. The number of amides is 2. The first-order valence-corrected chi connectivity index (χ1v) is 13.6. The number of thioether (sulfide) groups is 1. The van der Waals surface area contributed by atoms with Crippen molar-refractivity contribution in [2.45, 2.75) is 56.5 Å². The van der Waals surface area contributed by atoms with E-state index in [0.717, 1.165) is 22.9 Å². The van der Waals surface area contributed by atoms with E-state index in [4.69, 9.17) is 21.9 Å². The summed E-state index contributed by atoms with van der Waals surface area (Å²) in [5.41, 5.74) is 18.2. The number of guanidine groups is 1.